The first-order valence-corrected chi connectivity index (χ1v) is 4.76. The Morgan fingerprint density at radius 3 is 3.14 bits per heavy atom. The maximum Gasteiger partial charge on any atom is 0.122 e. The zero-order valence-corrected chi connectivity index (χ0v) is 8.16. The van der Waals surface area contributed by atoms with E-state index in [1.165, 1.54) is 5.56 Å². The molecule has 0 aliphatic carbocycles. The Bertz CT molecular complexity index is 372. The van der Waals surface area contributed by atoms with Gasteiger partial charge < -0.3 is 9.94 Å². The van der Waals surface area contributed by atoms with Gasteiger partial charge in [-0.1, -0.05) is 5.16 Å². The number of benzene rings is 1. The number of nitrogens with zero attached hydrogens (tertiary/aromatic N) is 1. The molecule has 1 aromatic rings. The van der Waals surface area contributed by atoms with Crippen LogP contribution >= 0.6 is 0 Å². The summed E-state index contributed by atoms with van der Waals surface area (Å²) in [6, 6.07) is 5.89. The van der Waals surface area contributed by atoms with Gasteiger partial charge in [0, 0.05) is 0 Å². The number of hydrogen-bond acceptors (Lipinski definition) is 3. The molecule has 3 heteroatoms. The van der Waals surface area contributed by atoms with E-state index in [-0.39, 0.29) is 0 Å². The highest BCUT2D eigenvalue weighted by atomic mass is 16.5. The van der Waals surface area contributed by atoms with Crippen LogP contribution in [0.1, 0.15) is 24.5 Å². The molecule has 0 radical (unpaired) electrons. The molecule has 3 nitrogen and oxygen atoms in total. The van der Waals surface area contributed by atoms with Crippen LogP contribution in [0.25, 0.3) is 0 Å². The quantitative estimate of drug-likeness (QED) is 0.420. The second-order valence-electron chi connectivity index (χ2n) is 3.46. The van der Waals surface area contributed by atoms with E-state index in [0.29, 0.717) is 5.71 Å². The van der Waals surface area contributed by atoms with Crippen LogP contribution in [0.4, 0.5) is 0 Å². The maximum absolute atomic E-state index is 8.65. The number of fused-ring (bicyclic) bond motifs is 1. The van der Waals surface area contributed by atoms with Gasteiger partial charge in [-0.05, 0) is 49.1 Å². The molecule has 74 valence electrons. The Morgan fingerprint density at radius 1 is 1.50 bits per heavy atom. The van der Waals surface area contributed by atoms with Crippen molar-refractivity contribution in [2.75, 3.05) is 6.61 Å². The average Bonchev–Trinajstić information content (AvgIpc) is 2.27. The van der Waals surface area contributed by atoms with E-state index < -0.39 is 0 Å². The Kier molecular flexibility index (Phi) is 2.39. The third-order valence-electron chi connectivity index (χ3n) is 2.48. The molecule has 14 heavy (non-hydrogen) atoms. The largest absolute Gasteiger partial charge is 0.493 e. The van der Waals surface area contributed by atoms with Crippen LogP contribution in [-0.4, -0.2) is 17.5 Å². The van der Waals surface area contributed by atoms with Gasteiger partial charge in [0.2, 0.25) is 0 Å². The van der Waals surface area contributed by atoms with Crippen molar-refractivity contribution in [1.29, 1.82) is 0 Å². The van der Waals surface area contributed by atoms with E-state index in [9.17, 15) is 0 Å². The molecular weight excluding hydrogens is 178 g/mol. The Labute approximate surface area is 83.0 Å². The number of hydrogen-bond donors (Lipinski definition) is 1. The highest BCUT2D eigenvalue weighted by Gasteiger charge is 2.11. The summed E-state index contributed by atoms with van der Waals surface area (Å²) >= 11 is 0. The normalized spacial score (nSPS) is 15.9. The molecule has 0 amide bonds. The molecule has 0 saturated carbocycles. The zero-order valence-electron chi connectivity index (χ0n) is 8.16. The Morgan fingerprint density at radius 2 is 2.36 bits per heavy atom. The van der Waals surface area contributed by atoms with Gasteiger partial charge in [0.1, 0.15) is 5.75 Å². The predicted octanol–water partition coefficient (Wildman–Crippen LogP) is 2.21. The third kappa shape index (κ3) is 1.58. The van der Waals surface area contributed by atoms with Crippen LogP contribution in [-0.2, 0) is 6.42 Å². The van der Waals surface area contributed by atoms with Crippen LogP contribution < -0.4 is 4.74 Å². The van der Waals surface area contributed by atoms with Crippen LogP contribution in [0.3, 0.4) is 0 Å². The van der Waals surface area contributed by atoms with Crippen molar-refractivity contribution in [3.63, 3.8) is 0 Å². The first-order valence-electron chi connectivity index (χ1n) is 4.76. The molecule has 0 atom stereocenters. The van der Waals surface area contributed by atoms with Crippen LogP contribution in [0.2, 0.25) is 0 Å². The minimum atomic E-state index is 0.637. The molecule has 0 saturated heterocycles. The monoisotopic (exact) mass is 191 g/mol. The molecule has 1 aliphatic heterocycles. The SMILES string of the molecule is C/C(=N/O)c1ccc2c(c1)CCCO2. The van der Waals surface area contributed by atoms with Gasteiger partial charge in [-0.3, -0.25) is 0 Å². The van der Waals surface area contributed by atoms with E-state index in [2.05, 4.69) is 5.16 Å². The highest BCUT2D eigenvalue weighted by molar-refractivity contribution is 5.98. The maximum atomic E-state index is 8.65. The summed E-state index contributed by atoms with van der Waals surface area (Å²) in [5, 5.41) is 11.8. The summed E-state index contributed by atoms with van der Waals surface area (Å²) in [7, 11) is 0. The van der Waals surface area contributed by atoms with E-state index in [1.807, 2.05) is 18.2 Å². The first kappa shape index (κ1) is 9.06. The fraction of sp³-hybridized carbons (Fsp3) is 0.364. The number of aryl methyl sites for hydroxylation is 1. The van der Waals surface area contributed by atoms with Gasteiger partial charge in [-0.15, -0.1) is 0 Å². The zero-order chi connectivity index (χ0) is 9.97. The van der Waals surface area contributed by atoms with Crippen LogP contribution in [0.15, 0.2) is 23.4 Å². The summed E-state index contributed by atoms with van der Waals surface area (Å²) in [4.78, 5) is 0. The fourth-order valence-corrected chi connectivity index (χ4v) is 1.64. The van der Waals surface area contributed by atoms with Crippen molar-refractivity contribution in [1.82, 2.24) is 0 Å². The van der Waals surface area contributed by atoms with Gasteiger partial charge in [0.15, 0.2) is 0 Å². The highest BCUT2D eigenvalue weighted by Crippen LogP contribution is 2.25. The van der Waals surface area contributed by atoms with Gasteiger partial charge >= 0.3 is 0 Å². The van der Waals surface area contributed by atoms with Crippen molar-refractivity contribution in [2.24, 2.45) is 5.16 Å². The summed E-state index contributed by atoms with van der Waals surface area (Å²) < 4.78 is 5.49. The smallest absolute Gasteiger partial charge is 0.122 e. The van der Waals surface area contributed by atoms with Gasteiger partial charge in [-0.25, -0.2) is 0 Å². The molecule has 0 spiro atoms. The van der Waals surface area contributed by atoms with Crippen LogP contribution in [0, 0.1) is 0 Å². The molecule has 1 heterocycles. The molecule has 1 N–H and O–H groups in total. The van der Waals surface area contributed by atoms with E-state index in [0.717, 1.165) is 30.8 Å². The topological polar surface area (TPSA) is 41.8 Å². The van der Waals surface area contributed by atoms with Crippen molar-refractivity contribution in [3.05, 3.63) is 29.3 Å². The molecule has 0 fully saturated rings. The molecule has 0 bridgehead atoms. The average molecular weight is 191 g/mol. The first-order chi connectivity index (χ1) is 6.81. The fourth-order valence-electron chi connectivity index (χ4n) is 1.64. The lowest BCUT2D eigenvalue weighted by molar-refractivity contribution is 0.288. The molecule has 1 aliphatic rings. The number of oxime groups is 1. The third-order valence-corrected chi connectivity index (χ3v) is 2.48. The summed E-state index contributed by atoms with van der Waals surface area (Å²) in [5.41, 5.74) is 2.80. The van der Waals surface area contributed by atoms with Crippen molar-refractivity contribution in [2.45, 2.75) is 19.8 Å². The van der Waals surface area contributed by atoms with Gasteiger partial charge in [0.05, 0.1) is 12.3 Å². The van der Waals surface area contributed by atoms with Crippen LogP contribution in [0.5, 0.6) is 5.75 Å². The van der Waals surface area contributed by atoms with E-state index >= 15 is 0 Å². The molecule has 0 aromatic heterocycles. The molecular formula is C11H13NO2. The van der Waals surface area contributed by atoms with E-state index in [4.69, 9.17) is 9.94 Å². The Hall–Kier alpha value is -1.51. The predicted molar refractivity (Wildman–Crippen MR) is 54.3 cm³/mol. The molecule has 1 aromatic carbocycles. The minimum absolute atomic E-state index is 0.637. The summed E-state index contributed by atoms with van der Waals surface area (Å²) in [6.07, 6.45) is 2.10. The minimum Gasteiger partial charge on any atom is -0.493 e. The molecule has 0 unspecified atom stereocenters. The van der Waals surface area contributed by atoms with Crippen molar-refractivity contribution >= 4 is 5.71 Å². The second kappa shape index (κ2) is 3.70. The lowest BCUT2D eigenvalue weighted by Crippen LogP contribution is -2.09. The Balaban J connectivity index is 2.38. The van der Waals surface area contributed by atoms with Gasteiger partial charge in [0.25, 0.3) is 0 Å². The second-order valence-corrected chi connectivity index (χ2v) is 3.46. The lowest BCUT2D eigenvalue weighted by Gasteiger charge is -2.17. The number of ether oxygens (including phenoxy) is 1. The summed E-state index contributed by atoms with van der Waals surface area (Å²) in [6.45, 7) is 2.59. The lowest BCUT2D eigenvalue weighted by atomic mass is 10.0. The molecule has 2 rings (SSSR count). The van der Waals surface area contributed by atoms with E-state index in [1.54, 1.807) is 6.92 Å². The van der Waals surface area contributed by atoms with Gasteiger partial charge in [-0.2, -0.15) is 0 Å². The number of rotatable bonds is 1. The van der Waals surface area contributed by atoms with Crippen molar-refractivity contribution < 1.29 is 9.94 Å². The van der Waals surface area contributed by atoms with Crippen molar-refractivity contribution in [3.8, 4) is 5.75 Å². The summed E-state index contributed by atoms with van der Waals surface area (Å²) in [5.74, 6) is 0.964. The standard InChI is InChI=1S/C11H13NO2/c1-8(12-13)9-4-5-11-10(7-9)3-2-6-14-11/h4-5,7,13H,2-3,6H2,1H3/b12-8-.